The predicted molar refractivity (Wildman–Crippen MR) is 128 cm³/mol. The van der Waals surface area contributed by atoms with Crippen LogP contribution in [0.15, 0.2) is 66.7 Å². The first-order valence-corrected chi connectivity index (χ1v) is 10.1. The fraction of sp³-hybridized carbons (Fsp3) is 0.0435. The van der Waals surface area contributed by atoms with Crippen molar-refractivity contribution in [3.63, 3.8) is 0 Å². The van der Waals surface area contributed by atoms with Crippen molar-refractivity contribution in [2.24, 2.45) is 7.05 Å². The zero-order valence-electron chi connectivity index (χ0n) is 17.1. The van der Waals surface area contributed by atoms with Gasteiger partial charge in [0, 0.05) is 41.3 Å². The molecule has 0 saturated carbocycles. The van der Waals surface area contributed by atoms with Crippen LogP contribution in [-0.2, 0) is 7.05 Å². The molecule has 8 nitrogen and oxygen atoms in total. The number of nitrogens with zero attached hydrogens (tertiary/aromatic N) is 3. The molecule has 1 amide bonds. The van der Waals surface area contributed by atoms with E-state index in [4.69, 9.17) is 22.7 Å². The Bertz CT molecular complexity index is 1280. The lowest BCUT2D eigenvalue weighted by Crippen LogP contribution is -2.11. The van der Waals surface area contributed by atoms with Crippen LogP contribution in [0.3, 0.4) is 0 Å². The lowest BCUT2D eigenvalue weighted by Gasteiger charge is -2.10. The zero-order valence-corrected chi connectivity index (χ0v) is 17.9. The molecule has 0 fully saturated rings. The molecule has 0 aliphatic carbocycles. The quantitative estimate of drug-likeness (QED) is 0.253. The topological polar surface area (TPSA) is 122 Å². The van der Waals surface area contributed by atoms with Crippen LogP contribution in [0, 0.1) is 5.41 Å². The first kappa shape index (κ1) is 21.1. The summed E-state index contributed by atoms with van der Waals surface area (Å²) in [6, 6.07) is 19.7. The Morgan fingerprint density at radius 2 is 1.81 bits per heavy atom. The average molecular weight is 446 g/mol. The number of aryl methyl sites for hydroxylation is 1. The number of rotatable bonds is 6. The van der Waals surface area contributed by atoms with Gasteiger partial charge in [-0.15, -0.1) is 5.10 Å². The fourth-order valence-corrected chi connectivity index (χ4v) is 3.36. The van der Waals surface area contributed by atoms with Gasteiger partial charge in [0.1, 0.15) is 0 Å². The first-order chi connectivity index (χ1) is 15.5. The minimum atomic E-state index is -0.195. The smallest absolute Gasteiger partial charge is 0.255 e. The summed E-state index contributed by atoms with van der Waals surface area (Å²) >= 11 is 6.36. The highest BCUT2D eigenvalue weighted by atomic mass is 35.5. The lowest BCUT2D eigenvalue weighted by atomic mass is 10.1. The standard InChI is InChI=1S/C23H20ClN7O/c1-31-23(28-19-12-11-18(26)17(13-25)20(19)24)29-21(30-31)14-7-9-15(10-8-14)22(32)27-16-5-3-2-4-6-16/h2-13,25H,26H2,1H3,(H,27,32)(H,28,29,30). The highest BCUT2D eigenvalue weighted by Gasteiger charge is 2.14. The SMILES string of the molecule is Cn1nc(-c2ccc(C(=O)Nc3ccccc3)cc2)nc1Nc1ccc(N)c(C=N)c1Cl. The van der Waals surface area contributed by atoms with E-state index >= 15 is 0 Å². The van der Waals surface area contributed by atoms with E-state index in [2.05, 4.69) is 20.7 Å². The van der Waals surface area contributed by atoms with E-state index in [1.54, 1.807) is 48.1 Å². The summed E-state index contributed by atoms with van der Waals surface area (Å²) in [4.78, 5) is 17.0. The second-order valence-electron chi connectivity index (χ2n) is 6.98. The van der Waals surface area contributed by atoms with Gasteiger partial charge in [0.05, 0.1) is 10.7 Å². The Kier molecular flexibility index (Phi) is 5.87. The van der Waals surface area contributed by atoms with Crippen LogP contribution in [0.5, 0.6) is 0 Å². The van der Waals surface area contributed by atoms with Crippen molar-refractivity contribution in [1.29, 1.82) is 5.41 Å². The van der Waals surface area contributed by atoms with Gasteiger partial charge in [-0.05, 0) is 36.4 Å². The van der Waals surface area contributed by atoms with Crippen molar-refractivity contribution in [2.75, 3.05) is 16.4 Å². The maximum absolute atomic E-state index is 12.4. The van der Waals surface area contributed by atoms with Gasteiger partial charge in [0.15, 0.2) is 5.82 Å². The van der Waals surface area contributed by atoms with Crippen molar-refractivity contribution in [1.82, 2.24) is 14.8 Å². The number of nitrogens with one attached hydrogen (secondary N) is 3. The lowest BCUT2D eigenvalue weighted by molar-refractivity contribution is 0.102. The number of nitrogens with two attached hydrogens (primary N) is 1. The Morgan fingerprint density at radius 1 is 1.09 bits per heavy atom. The number of nitrogen functional groups attached to an aromatic ring is 1. The van der Waals surface area contributed by atoms with Gasteiger partial charge < -0.3 is 21.8 Å². The maximum Gasteiger partial charge on any atom is 0.255 e. The highest BCUT2D eigenvalue weighted by molar-refractivity contribution is 6.36. The predicted octanol–water partition coefficient (Wildman–Crippen LogP) is 4.71. The molecule has 0 aliphatic rings. The number of benzene rings is 3. The molecule has 0 radical (unpaired) electrons. The normalized spacial score (nSPS) is 10.6. The Morgan fingerprint density at radius 3 is 2.50 bits per heavy atom. The summed E-state index contributed by atoms with van der Waals surface area (Å²) < 4.78 is 1.59. The highest BCUT2D eigenvalue weighted by Crippen LogP contribution is 2.31. The molecule has 1 aromatic heterocycles. The molecule has 1 heterocycles. The van der Waals surface area contributed by atoms with Crippen LogP contribution in [0.1, 0.15) is 15.9 Å². The first-order valence-electron chi connectivity index (χ1n) is 9.69. The summed E-state index contributed by atoms with van der Waals surface area (Å²) in [6.07, 6.45) is 1.11. The number of carbonyl (C=O) groups is 1. The second kappa shape index (κ2) is 8.91. The molecule has 9 heteroatoms. The summed E-state index contributed by atoms with van der Waals surface area (Å²) in [5.74, 6) is 0.761. The van der Waals surface area contributed by atoms with Crippen molar-refractivity contribution in [3.8, 4) is 11.4 Å². The van der Waals surface area contributed by atoms with Crippen LogP contribution < -0.4 is 16.4 Å². The van der Waals surface area contributed by atoms with Crippen molar-refractivity contribution in [3.05, 3.63) is 82.9 Å². The Labute approximate surface area is 189 Å². The number of amides is 1. The number of aromatic nitrogens is 3. The number of hydrogen-bond acceptors (Lipinski definition) is 6. The van der Waals surface area contributed by atoms with Crippen LogP contribution in [0.25, 0.3) is 11.4 Å². The van der Waals surface area contributed by atoms with E-state index in [9.17, 15) is 4.79 Å². The number of halogens is 1. The molecule has 4 aromatic rings. The van der Waals surface area contributed by atoms with Gasteiger partial charge >= 0.3 is 0 Å². The molecule has 0 saturated heterocycles. The monoisotopic (exact) mass is 445 g/mol. The van der Waals surface area contributed by atoms with E-state index < -0.39 is 0 Å². The molecule has 4 rings (SSSR count). The largest absolute Gasteiger partial charge is 0.398 e. The molecule has 5 N–H and O–H groups in total. The van der Waals surface area contributed by atoms with Gasteiger partial charge in [-0.25, -0.2) is 4.68 Å². The van der Waals surface area contributed by atoms with Gasteiger partial charge in [0.2, 0.25) is 5.95 Å². The molecule has 32 heavy (non-hydrogen) atoms. The maximum atomic E-state index is 12.4. The van der Waals surface area contributed by atoms with Gasteiger partial charge in [-0.1, -0.05) is 41.9 Å². The van der Waals surface area contributed by atoms with E-state index in [0.29, 0.717) is 39.3 Å². The summed E-state index contributed by atoms with van der Waals surface area (Å²) in [6.45, 7) is 0. The van der Waals surface area contributed by atoms with E-state index in [1.165, 1.54) is 0 Å². The van der Waals surface area contributed by atoms with Gasteiger partial charge in [0.25, 0.3) is 5.91 Å². The Hall–Kier alpha value is -4.17. The third-order valence-electron chi connectivity index (χ3n) is 4.80. The number of para-hydroxylation sites is 1. The van der Waals surface area contributed by atoms with Crippen molar-refractivity contribution in [2.45, 2.75) is 0 Å². The molecule has 0 spiro atoms. The Balaban J connectivity index is 1.53. The van der Waals surface area contributed by atoms with Gasteiger partial charge in [-0.3, -0.25) is 4.79 Å². The zero-order chi connectivity index (χ0) is 22.7. The number of carbonyl (C=O) groups excluding carboxylic acids is 1. The van der Waals surface area contributed by atoms with Crippen LogP contribution in [-0.4, -0.2) is 26.9 Å². The van der Waals surface area contributed by atoms with Crippen molar-refractivity contribution >= 4 is 46.7 Å². The second-order valence-corrected chi connectivity index (χ2v) is 7.36. The fourth-order valence-electron chi connectivity index (χ4n) is 3.08. The summed E-state index contributed by atoms with van der Waals surface area (Å²) in [5.41, 5.74) is 9.29. The molecule has 160 valence electrons. The number of anilines is 4. The molecule has 3 aromatic carbocycles. The van der Waals surface area contributed by atoms with Crippen LogP contribution in [0.4, 0.5) is 23.0 Å². The van der Waals surface area contributed by atoms with E-state index in [0.717, 1.165) is 17.5 Å². The molecule has 0 atom stereocenters. The van der Waals surface area contributed by atoms with E-state index in [1.807, 2.05) is 30.3 Å². The van der Waals surface area contributed by atoms with E-state index in [-0.39, 0.29) is 5.91 Å². The van der Waals surface area contributed by atoms with Crippen LogP contribution in [0.2, 0.25) is 5.02 Å². The third kappa shape index (κ3) is 4.30. The molecule has 0 aliphatic heterocycles. The summed E-state index contributed by atoms with van der Waals surface area (Å²) in [5, 5.41) is 18.2. The molecular formula is C23H20ClN7O. The van der Waals surface area contributed by atoms with Crippen molar-refractivity contribution < 1.29 is 4.79 Å². The molecule has 0 unspecified atom stereocenters. The molecular weight excluding hydrogens is 426 g/mol. The van der Waals surface area contributed by atoms with Crippen LogP contribution >= 0.6 is 11.6 Å². The minimum Gasteiger partial charge on any atom is -0.398 e. The third-order valence-corrected chi connectivity index (χ3v) is 5.21. The molecule has 0 bridgehead atoms. The minimum absolute atomic E-state index is 0.195. The summed E-state index contributed by atoms with van der Waals surface area (Å²) in [7, 11) is 1.75. The average Bonchev–Trinajstić information content (AvgIpc) is 3.17. The van der Waals surface area contributed by atoms with Gasteiger partial charge in [-0.2, -0.15) is 4.98 Å². The number of hydrogen-bond donors (Lipinski definition) is 4.